The van der Waals surface area contributed by atoms with E-state index in [9.17, 15) is 10.1 Å². The van der Waals surface area contributed by atoms with E-state index in [1.807, 2.05) is 14.1 Å². The SMILES string of the molecule is C/C(=N/O)c1cc([N+](=O)[O-])ccc1Sc1ncnc(N(C)C)c1N. The van der Waals surface area contributed by atoms with Gasteiger partial charge in [0.2, 0.25) is 0 Å². The third kappa shape index (κ3) is 3.54. The van der Waals surface area contributed by atoms with Gasteiger partial charge in [0.05, 0.1) is 10.6 Å². The van der Waals surface area contributed by atoms with Crippen LogP contribution in [0.4, 0.5) is 17.2 Å². The van der Waals surface area contributed by atoms with E-state index in [2.05, 4.69) is 15.1 Å². The lowest BCUT2D eigenvalue weighted by Crippen LogP contribution is -2.14. The number of nitro groups is 1. The van der Waals surface area contributed by atoms with Gasteiger partial charge in [-0.25, -0.2) is 9.97 Å². The van der Waals surface area contributed by atoms with Gasteiger partial charge in [-0.2, -0.15) is 0 Å². The molecule has 126 valence electrons. The van der Waals surface area contributed by atoms with Crippen LogP contribution in [0.3, 0.4) is 0 Å². The first-order valence-corrected chi connectivity index (χ1v) is 7.60. The van der Waals surface area contributed by atoms with Gasteiger partial charge in [-0.05, 0) is 13.0 Å². The molecule has 2 rings (SSSR count). The molecule has 0 unspecified atom stereocenters. The number of anilines is 2. The van der Waals surface area contributed by atoms with Gasteiger partial charge in [-0.1, -0.05) is 16.9 Å². The lowest BCUT2D eigenvalue weighted by atomic mass is 10.1. The van der Waals surface area contributed by atoms with Crippen molar-refractivity contribution in [2.75, 3.05) is 24.7 Å². The minimum atomic E-state index is -0.508. The molecular formula is C14H16N6O3S. The van der Waals surface area contributed by atoms with E-state index in [1.165, 1.54) is 30.2 Å². The Balaban J connectivity index is 2.50. The molecule has 9 nitrogen and oxygen atoms in total. The number of hydrogen-bond acceptors (Lipinski definition) is 9. The molecule has 10 heteroatoms. The van der Waals surface area contributed by atoms with Crippen molar-refractivity contribution in [3.05, 3.63) is 40.2 Å². The first-order valence-electron chi connectivity index (χ1n) is 6.78. The molecule has 0 aliphatic rings. The van der Waals surface area contributed by atoms with Crippen LogP contribution in [0.2, 0.25) is 0 Å². The normalized spacial score (nSPS) is 11.4. The van der Waals surface area contributed by atoms with Crippen molar-refractivity contribution < 1.29 is 10.1 Å². The number of non-ortho nitro benzene ring substituents is 1. The molecule has 1 aromatic carbocycles. The Morgan fingerprint density at radius 1 is 1.42 bits per heavy atom. The van der Waals surface area contributed by atoms with E-state index in [0.29, 0.717) is 27.0 Å². The number of aromatic nitrogens is 2. The summed E-state index contributed by atoms with van der Waals surface area (Å²) >= 11 is 1.22. The van der Waals surface area contributed by atoms with Gasteiger partial charge in [-0.15, -0.1) is 0 Å². The smallest absolute Gasteiger partial charge is 0.270 e. The second-order valence-electron chi connectivity index (χ2n) is 5.04. The molecule has 24 heavy (non-hydrogen) atoms. The Hall–Kier alpha value is -2.88. The first-order chi connectivity index (χ1) is 11.3. The number of nitrogens with zero attached hydrogens (tertiary/aromatic N) is 5. The third-order valence-electron chi connectivity index (χ3n) is 3.17. The average molecular weight is 348 g/mol. The van der Waals surface area contributed by atoms with E-state index >= 15 is 0 Å². The number of nitro benzene ring substituents is 1. The molecule has 3 N–H and O–H groups in total. The Morgan fingerprint density at radius 2 is 2.12 bits per heavy atom. The quantitative estimate of drug-likeness (QED) is 0.277. The highest BCUT2D eigenvalue weighted by atomic mass is 32.2. The van der Waals surface area contributed by atoms with Crippen molar-refractivity contribution in [3.63, 3.8) is 0 Å². The van der Waals surface area contributed by atoms with Gasteiger partial charge in [0, 0.05) is 36.7 Å². The Bertz CT molecular complexity index is 809. The summed E-state index contributed by atoms with van der Waals surface area (Å²) in [6.45, 7) is 1.55. The molecule has 0 radical (unpaired) electrons. The number of nitrogens with two attached hydrogens (primary N) is 1. The fourth-order valence-electron chi connectivity index (χ4n) is 1.97. The molecule has 0 spiro atoms. The lowest BCUT2D eigenvalue weighted by molar-refractivity contribution is -0.384. The molecule has 0 aliphatic heterocycles. The minimum absolute atomic E-state index is 0.0954. The monoisotopic (exact) mass is 348 g/mol. The molecule has 0 aliphatic carbocycles. The molecule has 2 aromatic rings. The fourth-order valence-corrected chi connectivity index (χ4v) is 2.93. The van der Waals surface area contributed by atoms with Crippen LogP contribution < -0.4 is 10.6 Å². The van der Waals surface area contributed by atoms with Crippen LogP contribution in [-0.4, -0.2) is 39.9 Å². The largest absolute Gasteiger partial charge is 0.411 e. The fraction of sp³-hybridized carbons (Fsp3) is 0.214. The van der Waals surface area contributed by atoms with Crippen LogP contribution in [0, 0.1) is 10.1 Å². The highest BCUT2D eigenvalue weighted by Crippen LogP contribution is 2.36. The molecule has 0 fully saturated rings. The van der Waals surface area contributed by atoms with E-state index in [1.54, 1.807) is 17.9 Å². The van der Waals surface area contributed by atoms with Gasteiger partial charge in [-0.3, -0.25) is 10.1 Å². The second-order valence-corrected chi connectivity index (χ2v) is 6.07. The summed E-state index contributed by atoms with van der Waals surface area (Å²) in [7, 11) is 3.63. The predicted molar refractivity (Wildman–Crippen MR) is 92.0 cm³/mol. The van der Waals surface area contributed by atoms with Crippen molar-refractivity contribution in [3.8, 4) is 0 Å². The summed E-state index contributed by atoms with van der Waals surface area (Å²) < 4.78 is 0. The number of hydrogen-bond donors (Lipinski definition) is 2. The van der Waals surface area contributed by atoms with Gasteiger partial charge in [0.25, 0.3) is 5.69 Å². The van der Waals surface area contributed by atoms with Crippen LogP contribution in [0.5, 0.6) is 0 Å². The maximum atomic E-state index is 11.0. The van der Waals surface area contributed by atoms with Crippen LogP contribution >= 0.6 is 11.8 Å². The van der Waals surface area contributed by atoms with E-state index in [-0.39, 0.29) is 11.4 Å². The van der Waals surface area contributed by atoms with Crippen LogP contribution in [0.1, 0.15) is 12.5 Å². The maximum absolute atomic E-state index is 11.0. The van der Waals surface area contributed by atoms with Crippen LogP contribution in [0.25, 0.3) is 0 Å². The zero-order valence-electron chi connectivity index (χ0n) is 13.3. The van der Waals surface area contributed by atoms with Gasteiger partial charge >= 0.3 is 0 Å². The number of benzene rings is 1. The van der Waals surface area contributed by atoms with Gasteiger partial charge in [0.15, 0.2) is 5.82 Å². The zero-order valence-corrected chi connectivity index (χ0v) is 14.1. The Labute approximate surface area is 142 Å². The lowest BCUT2D eigenvalue weighted by Gasteiger charge is -2.15. The summed E-state index contributed by atoms with van der Waals surface area (Å²) in [6, 6.07) is 4.30. The highest BCUT2D eigenvalue weighted by Gasteiger charge is 2.17. The molecule has 0 saturated heterocycles. The van der Waals surface area contributed by atoms with Crippen LogP contribution in [0.15, 0.2) is 39.6 Å². The van der Waals surface area contributed by atoms with Gasteiger partial charge < -0.3 is 15.8 Å². The Morgan fingerprint density at radius 3 is 2.71 bits per heavy atom. The number of oxime groups is 1. The summed E-state index contributed by atoms with van der Waals surface area (Å²) in [6.07, 6.45) is 1.39. The number of nitrogen functional groups attached to an aromatic ring is 1. The van der Waals surface area contributed by atoms with Crippen LogP contribution in [-0.2, 0) is 0 Å². The van der Waals surface area contributed by atoms with Crippen molar-refractivity contribution in [1.29, 1.82) is 0 Å². The molecule has 1 heterocycles. The van der Waals surface area contributed by atoms with Crippen molar-refractivity contribution >= 4 is 34.7 Å². The standard InChI is InChI=1S/C14H16N6O3S/c1-8(18-21)10-6-9(20(22)23)4-5-11(10)24-14-12(15)13(19(2)3)16-7-17-14/h4-7,21H,15H2,1-3H3/b18-8-. The van der Waals surface area contributed by atoms with Gasteiger partial charge in [0.1, 0.15) is 17.0 Å². The summed E-state index contributed by atoms with van der Waals surface area (Å²) in [5.41, 5.74) is 7.08. The summed E-state index contributed by atoms with van der Waals surface area (Å²) in [5, 5.41) is 23.6. The second kappa shape index (κ2) is 7.13. The number of rotatable bonds is 5. The van der Waals surface area contributed by atoms with E-state index < -0.39 is 4.92 Å². The van der Waals surface area contributed by atoms with E-state index in [0.717, 1.165) is 0 Å². The molecule has 0 atom stereocenters. The van der Waals surface area contributed by atoms with E-state index in [4.69, 9.17) is 10.9 Å². The topological polar surface area (TPSA) is 131 Å². The molecular weight excluding hydrogens is 332 g/mol. The zero-order chi connectivity index (χ0) is 17.9. The summed E-state index contributed by atoms with van der Waals surface area (Å²) in [5.74, 6) is 0.573. The Kier molecular flexibility index (Phi) is 5.19. The summed E-state index contributed by atoms with van der Waals surface area (Å²) in [4.78, 5) is 21.1. The van der Waals surface area contributed by atoms with Crippen molar-refractivity contribution in [2.24, 2.45) is 5.16 Å². The molecule has 0 amide bonds. The maximum Gasteiger partial charge on any atom is 0.270 e. The molecule has 0 saturated carbocycles. The van der Waals surface area contributed by atoms with Crippen molar-refractivity contribution in [1.82, 2.24) is 9.97 Å². The molecule has 0 bridgehead atoms. The van der Waals surface area contributed by atoms with Crippen molar-refractivity contribution in [2.45, 2.75) is 16.8 Å². The predicted octanol–water partition coefficient (Wildman–Crippen LogP) is 2.38. The average Bonchev–Trinajstić information content (AvgIpc) is 2.55. The first kappa shape index (κ1) is 17.5. The molecule has 1 aromatic heterocycles. The third-order valence-corrected chi connectivity index (χ3v) is 4.26. The highest BCUT2D eigenvalue weighted by molar-refractivity contribution is 7.99. The minimum Gasteiger partial charge on any atom is -0.411 e.